The number of thiazole rings is 1. The maximum absolute atomic E-state index is 5.61. The molecule has 0 unspecified atom stereocenters. The third kappa shape index (κ3) is 1.04. The molecule has 0 aliphatic heterocycles. The normalized spacial score (nSPS) is 11.5. The Hall–Kier alpha value is -1.14. The molecule has 3 heterocycles. The van der Waals surface area contributed by atoms with Crippen LogP contribution < -0.4 is 5.73 Å². The third-order valence-corrected chi connectivity index (χ3v) is 3.29. The highest BCUT2D eigenvalue weighted by atomic mass is 79.9. The van der Waals surface area contributed by atoms with Crippen molar-refractivity contribution in [2.24, 2.45) is 0 Å². The largest absolute Gasteiger partial charge is 0.375 e. The van der Waals surface area contributed by atoms with Crippen LogP contribution in [0.4, 0.5) is 5.13 Å². The van der Waals surface area contributed by atoms with Crippen LogP contribution in [0.3, 0.4) is 0 Å². The van der Waals surface area contributed by atoms with Crippen molar-refractivity contribution in [1.29, 1.82) is 0 Å². The van der Waals surface area contributed by atoms with Crippen LogP contribution in [0.5, 0.6) is 0 Å². The molecule has 3 N–H and O–H groups in total. The summed E-state index contributed by atoms with van der Waals surface area (Å²) in [7, 11) is 0. The standard InChI is InChI=1S/C8H5BrN4S/c9-3-1-4-5(11-2-3)6-7(12-4)13-8(10)14-6/h1-2,12H,(H2,10,13). The molecule has 0 radical (unpaired) electrons. The third-order valence-electron chi connectivity index (χ3n) is 1.97. The number of nitrogen functional groups attached to an aromatic ring is 1. The van der Waals surface area contributed by atoms with Gasteiger partial charge in [-0.1, -0.05) is 11.3 Å². The second-order valence-corrected chi connectivity index (χ2v) is 4.85. The van der Waals surface area contributed by atoms with Crippen molar-refractivity contribution < 1.29 is 0 Å². The number of aromatic nitrogens is 3. The number of nitrogens with one attached hydrogen (secondary N) is 1. The molecule has 3 aromatic heterocycles. The number of nitrogens with zero attached hydrogens (tertiary/aromatic N) is 2. The van der Waals surface area contributed by atoms with Crippen molar-refractivity contribution >= 4 is 53.8 Å². The smallest absolute Gasteiger partial charge is 0.182 e. The Kier molecular flexibility index (Phi) is 1.57. The first-order valence-electron chi connectivity index (χ1n) is 3.93. The number of aromatic amines is 1. The summed E-state index contributed by atoms with van der Waals surface area (Å²) in [6.45, 7) is 0. The Balaban J connectivity index is 2.52. The molecule has 70 valence electrons. The number of hydrogen-bond donors (Lipinski definition) is 2. The van der Waals surface area contributed by atoms with Crippen LogP contribution in [-0.4, -0.2) is 15.0 Å². The number of anilines is 1. The Morgan fingerprint density at radius 2 is 2.36 bits per heavy atom. The Morgan fingerprint density at radius 3 is 3.21 bits per heavy atom. The zero-order valence-corrected chi connectivity index (χ0v) is 9.32. The first-order valence-corrected chi connectivity index (χ1v) is 5.54. The van der Waals surface area contributed by atoms with Crippen LogP contribution in [0.2, 0.25) is 0 Å². The van der Waals surface area contributed by atoms with Gasteiger partial charge in [-0.2, -0.15) is 0 Å². The Labute approximate surface area is 91.3 Å². The number of fused-ring (bicyclic) bond motifs is 3. The van der Waals surface area contributed by atoms with E-state index >= 15 is 0 Å². The molecular weight excluding hydrogens is 264 g/mol. The lowest BCUT2D eigenvalue weighted by atomic mass is 10.4. The van der Waals surface area contributed by atoms with Crippen LogP contribution in [0.1, 0.15) is 0 Å². The van der Waals surface area contributed by atoms with Gasteiger partial charge in [0.25, 0.3) is 0 Å². The van der Waals surface area contributed by atoms with Gasteiger partial charge in [-0.15, -0.1) is 0 Å². The highest BCUT2D eigenvalue weighted by Gasteiger charge is 2.09. The zero-order chi connectivity index (χ0) is 9.71. The van der Waals surface area contributed by atoms with E-state index in [1.165, 1.54) is 11.3 Å². The summed E-state index contributed by atoms with van der Waals surface area (Å²) in [6, 6.07) is 1.98. The topological polar surface area (TPSA) is 67.6 Å². The van der Waals surface area contributed by atoms with E-state index in [4.69, 9.17) is 5.73 Å². The quantitative estimate of drug-likeness (QED) is 0.659. The van der Waals surface area contributed by atoms with Crippen molar-refractivity contribution in [3.8, 4) is 0 Å². The van der Waals surface area contributed by atoms with Gasteiger partial charge in [0.05, 0.1) is 5.52 Å². The molecule has 4 nitrogen and oxygen atoms in total. The number of pyridine rings is 1. The number of nitrogens with two attached hydrogens (primary N) is 1. The first kappa shape index (κ1) is 8.19. The van der Waals surface area contributed by atoms with Crippen LogP contribution in [0.15, 0.2) is 16.7 Å². The van der Waals surface area contributed by atoms with E-state index in [9.17, 15) is 0 Å². The molecule has 3 aromatic rings. The van der Waals surface area contributed by atoms with Crippen LogP contribution in [-0.2, 0) is 0 Å². The lowest BCUT2D eigenvalue weighted by molar-refractivity contribution is 1.37. The summed E-state index contributed by atoms with van der Waals surface area (Å²) in [6.07, 6.45) is 1.77. The molecule has 0 bridgehead atoms. The van der Waals surface area contributed by atoms with Gasteiger partial charge in [0.15, 0.2) is 10.8 Å². The maximum Gasteiger partial charge on any atom is 0.182 e. The predicted octanol–water partition coefficient (Wildman–Crippen LogP) is 2.52. The van der Waals surface area contributed by atoms with Gasteiger partial charge < -0.3 is 10.7 Å². The van der Waals surface area contributed by atoms with Gasteiger partial charge in [0.1, 0.15) is 10.2 Å². The number of hydrogen-bond acceptors (Lipinski definition) is 4. The minimum atomic E-state index is 0.567. The fourth-order valence-corrected chi connectivity index (χ4v) is 2.56. The summed E-state index contributed by atoms with van der Waals surface area (Å²) < 4.78 is 1.97. The molecule has 0 saturated carbocycles. The lowest BCUT2D eigenvalue weighted by Gasteiger charge is -1.89. The van der Waals surface area contributed by atoms with Gasteiger partial charge in [-0.05, 0) is 22.0 Å². The van der Waals surface area contributed by atoms with Gasteiger partial charge in [-0.25, -0.2) is 4.98 Å². The summed E-state index contributed by atoms with van der Waals surface area (Å²) in [4.78, 5) is 11.7. The van der Waals surface area contributed by atoms with Gasteiger partial charge in [0.2, 0.25) is 0 Å². The van der Waals surface area contributed by atoms with Crippen LogP contribution in [0.25, 0.3) is 21.4 Å². The second-order valence-electron chi connectivity index (χ2n) is 2.90. The zero-order valence-electron chi connectivity index (χ0n) is 6.91. The van der Waals surface area contributed by atoms with E-state index < -0.39 is 0 Å². The predicted molar refractivity (Wildman–Crippen MR) is 61.4 cm³/mol. The number of halogens is 1. The molecule has 0 aliphatic carbocycles. The molecule has 3 rings (SSSR count). The fourth-order valence-electron chi connectivity index (χ4n) is 1.42. The molecule has 0 spiro atoms. The lowest BCUT2D eigenvalue weighted by Crippen LogP contribution is -1.80. The number of rotatable bonds is 0. The van der Waals surface area contributed by atoms with Crippen molar-refractivity contribution in [3.63, 3.8) is 0 Å². The van der Waals surface area contributed by atoms with Gasteiger partial charge in [-0.3, -0.25) is 4.98 Å². The molecule has 0 saturated heterocycles. The Morgan fingerprint density at radius 1 is 1.50 bits per heavy atom. The van der Waals surface area contributed by atoms with E-state index in [0.717, 1.165) is 25.9 Å². The molecule has 0 amide bonds. The first-order chi connectivity index (χ1) is 6.74. The van der Waals surface area contributed by atoms with Crippen molar-refractivity contribution in [2.75, 3.05) is 5.73 Å². The maximum atomic E-state index is 5.61. The highest BCUT2D eigenvalue weighted by molar-refractivity contribution is 9.10. The number of H-pyrrole nitrogens is 1. The summed E-state index contributed by atoms with van der Waals surface area (Å²) in [5.41, 5.74) is 8.33. The molecule has 14 heavy (non-hydrogen) atoms. The second kappa shape index (κ2) is 2.68. The van der Waals surface area contributed by atoms with Crippen LogP contribution >= 0.6 is 27.3 Å². The minimum Gasteiger partial charge on any atom is -0.375 e. The minimum absolute atomic E-state index is 0.567. The van der Waals surface area contributed by atoms with Crippen LogP contribution in [0, 0.1) is 0 Å². The molecule has 0 aliphatic rings. The SMILES string of the molecule is Nc1nc2[nH]c3cc(Br)cnc3c2s1. The summed E-state index contributed by atoms with van der Waals surface area (Å²) >= 11 is 4.82. The molecule has 0 atom stereocenters. The summed E-state index contributed by atoms with van der Waals surface area (Å²) in [5.74, 6) is 0. The van der Waals surface area contributed by atoms with E-state index in [2.05, 4.69) is 30.9 Å². The average molecular weight is 269 g/mol. The molecule has 6 heteroatoms. The Bertz CT molecular complexity index is 623. The van der Waals surface area contributed by atoms with E-state index in [0.29, 0.717) is 5.13 Å². The molecule has 0 fully saturated rings. The monoisotopic (exact) mass is 268 g/mol. The van der Waals surface area contributed by atoms with Crippen molar-refractivity contribution in [2.45, 2.75) is 0 Å². The van der Waals surface area contributed by atoms with Crippen molar-refractivity contribution in [3.05, 3.63) is 16.7 Å². The molecular formula is C8H5BrN4S. The van der Waals surface area contributed by atoms with Gasteiger partial charge in [0, 0.05) is 10.7 Å². The molecule has 0 aromatic carbocycles. The van der Waals surface area contributed by atoms with E-state index in [1.807, 2.05) is 6.07 Å². The van der Waals surface area contributed by atoms with Crippen molar-refractivity contribution in [1.82, 2.24) is 15.0 Å². The fraction of sp³-hybridized carbons (Fsp3) is 0. The summed E-state index contributed by atoms with van der Waals surface area (Å²) in [5, 5.41) is 0.567. The average Bonchev–Trinajstić information content (AvgIpc) is 2.59. The van der Waals surface area contributed by atoms with Gasteiger partial charge >= 0.3 is 0 Å². The highest BCUT2D eigenvalue weighted by Crippen LogP contribution is 2.30. The van der Waals surface area contributed by atoms with E-state index in [-0.39, 0.29) is 0 Å². The van der Waals surface area contributed by atoms with E-state index in [1.54, 1.807) is 6.20 Å².